The quantitative estimate of drug-likeness (QED) is 0.559. The minimum Gasteiger partial charge on any atom is -0.497 e. The molecule has 0 heterocycles. The van der Waals surface area contributed by atoms with Gasteiger partial charge in [0, 0.05) is 11.3 Å². The molecule has 0 aromatic heterocycles. The summed E-state index contributed by atoms with van der Waals surface area (Å²) in [6, 6.07) is 4.82. The number of aliphatic hydroxyl groups excluding tert-OH is 1. The van der Waals surface area contributed by atoms with Gasteiger partial charge in [0.05, 0.1) is 7.11 Å². The van der Waals surface area contributed by atoms with E-state index in [0.717, 1.165) is 0 Å². The number of hydrogen-bond donors (Lipinski definition) is 2. The van der Waals surface area contributed by atoms with E-state index in [1.807, 2.05) is 0 Å². The third kappa shape index (κ3) is 3.42. The van der Waals surface area contributed by atoms with Gasteiger partial charge in [0.2, 0.25) is 6.10 Å². The summed E-state index contributed by atoms with van der Waals surface area (Å²) < 4.78 is 4.93. The zero-order valence-electron chi connectivity index (χ0n) is 9.65. The Morgan fingerprint density at radius 2 is 2.00 bits per heavy atom. The van der Waals surface area contributed by atoms with E-state index in [4.69, 9.17) is 9.84 Å². The molecule has 98 valence electrons. The Balaban J connectivity index is 2.83. The first-order chi connectivity index (χ1) is 8.45. The Morgan fingerprint density at radius 3 is 2.39 bits per heavy atom. The van der Waals surface area contributed by atoms with Gasteiger partial charge in [0.1, 0.15) is 5.75 Å². The lowest BCUT2D eigenvalue weighted by atomic mass is 10.0. The number of nitro groups is 1. The molecule has 0 aliphatic carbocycles. The highest BCUT2D eigenvalue weighted by Crippen LogP contribution is 2.14. The fourth-order valence-corrected chi connectivity index (χ4v) is 1.47. The molecule has 7 heteroatoms. The Kier molecular flexibility index (Phi) is 4.61. The second-order valence-corrected chi connectivity index (χ2v) is 3.69. The van der Waals surface area contributed by atoms with E-state index in [9.17, 15) is 20.0 Å². The topological polar surface area (TPSA) is 110 Å². The number of ether oxygens (including phenoxy) is 1. The number of nitrogens with zero attached hydrogens (tertiary/aromatic N) is 1. The predicted octanol–water partition coefficient (Wildman–Crippen LogP) is 0.328. The maximum atomic E-state index is 10.7. The van der Waals surface area contributed by atoms with Crippen LogP contribution in [0.4, 0.5) is 0 Å². The van der Waals surface area contributed by atoms with Crippen molar-refractivity contribution in [2.45, 2.75) is 18.6 Å². The summed E-state index contributed by atoms with van der Waals surface area (Å²) in [6.07, 6.45) is -2.19. The van der Waals surface area contributed by atoms with Crippen molar-refractivity contribution in [3.8, 4) is 5.75 Å². The minimum atomic E-state index is -2.03. The van der Waals surface area contributed by atoms with Gasteiger partial charge in [-0.1, -0.05) is 12.1 Å². The normalized spacial score (nSPS) is 13.7. The molecular formula is C11H13NO6. The minimum absolute atomic E-state index is 0.162. The van der Waals surface area contributed by atoms with Crippen LogP contribution in [0.15, 0.2) is 24.3 Å². The van der Waals surface area contributed by atoms with Crippen LogP contribution in [0.1, 0.15) is 5.56 Å². The molecule has 0 saturated carbocycles. The molecule has 7 nitrogen and oxygen atoms in total. The lowest BCUT2D eigenvalue weighted by molar-refractivity contribution is -0.531. The number of carboxylic acid groups (broad SMARTS) is 1. The van der Waals surface area contributed by atoms with Crippen LogP contribution in [0.5, 0.6) is 5.75 Å². The molecule has 1 rings (SSSR count). The Morgan fingerprint density at radius 1 is 1.44 bits per heavy atom. The van der Waals surface area contributed by atoms with Gasteiger partial charge >= 0.3 is 5.97 Å². The van der Waals surface area contributed by atoms with Crippen molar-refractivity contribution in [2.24, 2.45) is 0 Å². The fraction of sp³-hybridized carbons (Fsp3) is 0.364. The Labute approximate surface area is 103 Å². The number of aliphatic hydroxyl groups is 1. The molecule has 0 spiro atoms. The third-order valence-electron chi connectivity index (χ3n) is 2.49. The van der Waals surface area contributed by atoms with E-state index in [2.05, 4.69) is 0 Å². The van der Waals surface area contributed by atoms with Gasteiger partial charge in [-0.2, -0.15) is 0 Å². The first-order valence-corrected chi connectivity index (χ1v) is 5.13. The maximum absolute atomic E-state index is 10.7. The lowest BCUT2D eigenvalue weighted by Gasteiger charge is -2.12. The summed E-state index contributed by atoms with van der Waals surface area (Å²) in [5.41, 5.74) is 0.554. The fourth-order valence-electron chi connectivity index (χ4n) is 1.47. The van der Waals surface area contributed by atoms with Crippen molar-refractivity contribution >= 4 is 5.97 Å². The summed E-state index contributed by atoms with van der Waals surface area (Å²) in [6.45, 7) is 0. The van der Waals surface area contributed by atoms with Gasteiger partial charge in [0.25, 0.3) is 6.04 Å². The zero-order chi connectivity index (χ0) is 13.7. The van der Waals surface area contributed by atoms with E-state index in [1.54, 1.807) is 24.3 Å². The highest BCUT2D eigenvalue weighted by molar-refractivity contribution is 5.72. The molecule has 0 aliphatic rings. The van der Waals surface area contributed by atoms with Crippen molar-refractivity contribution < 1.29 is 24.7 Å². The van der Waals surface area contributed by atoms with Gasteiger partial charge < -0.3 is 14.9 Å². The summed E-state index contributed by atoms with van der Waals surface area (Å²) in [5.74, 6) is -1.01. The predicted molar refractivity (Wildman–Crippen MR) is 61.1 cm³/mol. The molecule has 0 bridgehead atoms. The molecule has 1 aromatic rings. The summed E-state index contributed by atoms with van der Waals surface area (Å²) in [4.78, 5) is 20.5. The van der Waals surface area contributed by atoms with Crippen LogP contribution < -0.4 is 4.74 Å². The second kappa shape index (κ2) is 5.97. The number of carbonyl (C=O) groups is 1. The summed E-state index contributed by atoms with van der Waals surface area (Å²) in [5, 5.41) is 28.6. The average molecular weight is 255 g/mol. The first-order valence-electron chi connectivity index (χ1n) is 5.13. The molecule has 0 aliphatic heterocycles. The monoisotopic (exact) mass is 255 g/mol. The van der Waals surface area contributed by atoms with E-state index < -0.39 is 23.0 Å². The second-order valence-electron chi connectivity index (χ2n) is 3.69. The van der Waals surface area contributed by atoms with Crippen LogP contribution in [0.3, 0.4) is 0 Å². The van der Waals surface area contributed by atoms with Crippen molar-refractivity contribution in [1.82, 2.24) is 0 Å². The van der Waals surface area contributed by atoms with Crippen LogP contribution in [-0.2, 0) is 11.2 Å². The smallest absolute Gasteiger partial charge is 0.339 e. The van der Waals surface area contributed by atoms with Crippen molar-refractivity contribution in [3.05, 3.63) is 39.9 Å². The van der Waals surface area contributed by atoms with Crippen LogP contribution in [0.25, 0.3) is 0 Å². The number of carboxylic acids is 1. The van der Waals surface area contributed by atoms with E-state index in [1.165, 1.54) is 7.11 Å². The Bertz CT molecular complexity index is 430. The highest BCUT2D eigenvalue weighted by Gasteiger charge is 2.35. The van der Waals surface area contributed by atoms with Gasteiger partial charge in [0.15, 0.2) is 0 Å². The van der Waals surface area contributed by atoms with E-state index >= 15 is 0 Å². The van der Waals surface area contributed by atoms with Crippen LogP contribution in [0.2, 0.25) is 0 Å². The SMILES string of the molecule is COc1ccc(C[C@@H]([C@@H](O)C(=O)O)[N+](=O)[O-])cc1. The molecule has 2 N–H and O–H groups in total. The number of aliphatic carboxylic acids is 1. The zero-order valence-corrected chi connectivity index (χ0v) is 9.65. The van der Waals surface area contributed by atoms with Gasteiger partial charge in [-0.3, -0.25) is 10.1 Å². The molecule has 0 unspecified atom stereocenters. The lowest BCUT2D eigenvalue weighted by Crippen LogP contribution is -2.41. The Hall–Kier alpha value is -2.15. The standard InChI is InChI=1S/C11H13NO6/c1-18-8-4-2-7(3-5-8)6-9(12(16)17)10(13)11(14)15/h2-5,9-10,13H,6H2,1H3,(H,14,15)/t9-,10+/m0/s1. The molecule has 0 saturated heterocycles. The van der Waals surface area contributed by atoms with Crippen LogP contribution >= 0.6 is 0 Å². The van der Waals surface area contributed by atoms with Crippen LogP contribution in [0, 0.1) is 10.1 Å². The molecular weight excluding hydrogens is 242 g/mol. The molecule has 0 amide bonds. The number of hydrogen-bond acceptors (Lipinski definition) is 5. The van der Waals surface area contributed by atoms with Gasteiger partial charge in [-0.25, -0.2) is 4.79 Å². The molecule has 18 heavy (non-hydrogen) atoms. The molecule has 0 fully saturated rings. The van der Waals surface area contributed by atoms with Crippen molar-refractivity contribution in [1.29, 1.82) is 0 Å². The third-order valence-corrected chi connectivity index (χ3v) is 2.49. The number of rotatable bonds is 6. The molecule has 0 radical (unpaired) electrons. The maximum Gasteiger partial charge on any atom is 0.339 e. The van der Waals surface area contributed by atoms with Gasteiger partial charge in [-0.05, 0) is 17.7 Å². The van der Waals surface area contributed by atoms with Crippen LogP contribution in [-0.4, -0.2) is 40.4 Å². The van der Waals surface area contributed by atoms with Crippen molar-refractivity contribution in [2.75, 3.05) is 7.11 Å². The molecule has 1 aromatic carbocycles. The molecule has 2 atom stereocenters. The van der Waals surface area contributed by atoms with E-state index in [-0.39, 0.29) is 6.42 Å². The number of benzene rings is 1. The summed E-state index contributed by atoms with van der Waals surface area (Å²) >= 11 is 0. The summed E-state index contributed by atoms with van der Waals surface area (Å²) in [7, 11) is 1.49. The average Bonchev–Trinajstić information content (AvgIpc) is 2.35. The first kappa shape index (κ1) is 13.9. The van der Waals surface area contributed by atoms with E-state index in [0.29, 0.717) is 11.3 Å². The largest absolute Gasteiger partial charge is 0.497 e. The van der Waals surface area contributed by atoms with Crippen molar-refractivity contribution in [3.63, 3.8) is 0 Å². The van der Waals surface area contributed by atoms with Gasteiger partial charge in [-0.15, -0.1) is 0 Å². The highest BCUT2D eigenvalue weighted by atomic mass is 16.6. The number of methoxy groups -OCH3 is 1.